The van der Waals surface area contributed by atoms with Crippen LogP contribution in [0.2, 0.25) is 0 Å². The Morgan fingerprint density at radius 1 is 1.00 bits per heavy atom. The minimum absolute atomic E-state index is 0.105. The van der Waals surface area contributed by atoms with Crippen molar-refractivity contribution in [2.45, 2.75) is 43.0 Å². The summed E-state index contributed by atoms with van der Waals surface area (Å²) >= 11 is 5.48. The van der Waals surface area contributed by atoms with E-state index in [1.165, 1.54) is 44.2 Å². The molecule has 5 rings (SSSR count). The minimum atomic E-state index is -3.66. The van der Waals surface area contributed by atoms with E-state index in [0.717, 1.165) is 29.4 Å². The highest BCUT2D eigenvalue weighted by molar-refractivity contribution is 7.89. The van der Waals surface area contributed by atoms with Gasteiger partial charge in [0.2, 0.25) is 10.0 Å². The summed E-state index contributed by atoms with van der Waals surface area (Å²) in [4.78, 5) is 0.105. The Labute approximate surface area is 148 Å². The van der Waals surface area contributed by atoms with Crippen molar-refractivity contribution in [3.8, 4) is 0 Å². The van der Waals surface area contributed by atoms with E-state index in [-0.39, 0.29) is 4.90 Å². The van der Waals surface area contributed by atoms with Gasteiger partial charge < -0.3 is 10.6 Å². The number of sulfonamides is 1. The molecule has 0 spiro atoms. The van der Waals surface area contributed by atoms with Crippen molar-refractivity contribution in [3.05, 3.63) is 24.3 Å². The highest BCUT2D eigenvalue weighted by Crippen LogP contribution is 2.53. The molecular weight excluding hydrogens is 342 g/mol. The molecule has 4 bridgehead atoms. The number of hydrogen-bond acceptors (Lipinski definition) is 3. The molecule has 0 heterocycles. The third-order valence-corrected chi connectivity index (χ3v) is 7.11. The van der Waals surface area contributed by atoms with E-state index >= 15 is 0 Å². The van der Waals surface area contributed by atoms with Gasteiger partial charge in [0.25, 0.3) is 0 Å². The first-order chi connectivity index (χ1) is 11.4. The lowest BCUT2D eigenvalue weighted by molar-refractivity contribution is -0.00665. The predicted octanol–water partition coefficient (Wildman–Crippen LogP) is 2.45. The number of thiocarbonyl (C=S) groups is 1. The zero-order chi connectivity index (χ0) is 16.9. The normalized spacial score (nSPS) is 34.1. The van der Waals surface area contributed by atoms with Crippen LogP contribution < -0.4 is 15.8 Å². The lowest BCUT2D eigenvalue weighted by atomic mass is 9.54. The lowest BCUT2D eigenvalue weighted by Crippen LogP contribution is -2.56. The second-order valence-corrected chi connectivity index (χ2v) is 9.59. The molecule has 4 N–H and O–H groups in total. The number of nitrogens with one attached hydrogen (secondary N) is 2. The van der Waals surface area contributed by atoms with Gasteiger partial charge in [-0.2, -0.15) is 0 Å². The van der Waals surface area contributed by atoms with E-state index < -0.39 is 10.0 Å². The van der Waals surface area contributed by atoms with Crippen molar-refractivity contribution in [2.24, 2.45) is 28.8 Å². The van der Waals surface area contributed by atoms with Crippen LogP contribution in [-0.4, -0.2) is 19.6 Å². The summed E-state index contributed by atoms with van der Waals surface area (Å²) in [7, 11) is -3.66. The highest BCUT2D eigenvalue weighted by Gasteiger charge is 2.48. The van der Waals surface area contributed by atoms with Crippen molar-refractivity contribution in [2.75, 3.05) is 5.32 Å². The first kappa shape index (κ1) is 16.3. The maximum absolute atomic E-state index is 11.3. The van der Waals surface area contributed by atoms with E-state index in [0.29, 0.717) is 11.2 Å². The molecule has 0 saturated heterocycles. The Morgan fingerprint density at radius 3 is 2.04 bits per heavy atom. The van der Waals surface area contributed by atoms with Crippen molar-refractivity contribution < 1.29 is 8.42 Å². The quantitative estimate of drug-likeness (QED) is 0.717. The van der Waals surface area contributed by atoms with Crippen LogP contribution in [-0.2, 0) is 10.0 Å². The van der Waals surface area contributed by atoms with Crippen LogP contribution in [0.5, 0.6) is 0 Å². The van der Waals surface area contributed by atoms with Gasteiger partial charge >= 0.3 is 0 Å². The zero-order valence-corrected chi connectivity index (χ0v) is 15.1. The van der Waals surface area contributed by atoms with Crippen LogP contribution in [0.15, 0.2) is 29.2 Å². The van der Waals surface area contributed by atoms with Crippen LogP contribution in [0.3, 0.4) is 0 Å². The third kappa shape index (κ3) is 3.17. The minimum Gasteiger partial charge on any atom is -0.359 e. The Hall–Kier alpha value is -1.18. The first-order valence-corrected chi connectivity index (χ1v) is 10.5. The van der Waals surface area contributed by atoms with Crippen LogP contribution in [0, 0.1) is 23.7 Å². The summed E-state index contributed by atoms with van der Waals surface area (Å²) < 4.78 is 22.6. The van der Waals surface area contributed by atoms with Gasteiger partial charge in [0, 0.05) is 11.7 Å². The maximum Gasteiger partial charge on any atom is 0.238 e. The fourth-order valence-corrected chi connectivity index (χ4v) is 5.98. The number of primary sulfonamides is 1. The average Bonchev–Trinajstić information content (AvgIpc) is 2.50. The SMILES string of the molecule is NS(=O)(=O)c1ccc(NC(=S)NC2C3CC4CC(C3)CC2C4)cc1. The van der Waals surface area contributed by atoms with Gasteiger partial charge in [-0.25, -0.2) is 13.6 Å². The van der Waals surface area contributed by atoms with E-state index in [4.69, 9.17) is 17.4 Å². The molecule has 4 aliphatic rings. The number of nitrogens with two attached hydrogens (primary N) is 1. The molecular formula is C17H23N3O2S2. The summed E-state index contributed by atoms with van der Waals surface area (Å²) in [5, 5.41) is 12.4. The second-order valence-electron chi connectivity index (χ2n) is 7.62. The molecule has 5 nitrogen and oxygen atoms in total. The molecule has 0 aliphatic heterocycles. The van der Waals surface area contributed by atoms with Gasteiger partial charge in [0.1, 0.15) is 0 Å². The lowest BCUT2D eigenvalue weighted by Gasteiger charge is -2.54. The molecule has 0 atom stereocenters. The van der Waals surface area contributed by atoms with Crippen LogP contribution >= 0.6 is 12.2 Å². The summed E-state index contributed by atoms with van der Waals surface area (Å²) in [5.41, 5.74) is 0.767. The first-order valence-electron chi connectivity index (χ1n) is 8.59. The second kappa shape index (κ2) is 5.97. The third-order valence-electron chi connectivity index (χ3n) is 5.97. The Bertz CT molecular complexity index is 718. The summed E-state index contributed by atoms with van der Waals surface area (Å²) in [6.07, 6.45) is 6.82. The van der Waals surface area contributed by atoms with E-state index in [2.05, 4.69) is 10.6 Å². The van der Waals surface area contributed by atoms with Crippen molar-refractivity contribution in [3.63, 3.8) is 0 Å². The van der Waals surface area contributed by atoms with Crippen LogP contribution in [0.1, 0.15) is 32.1 Å². The Kier molecular flexibility index (Phi) is 4.05. The number of hydrogen-bond donors (Lipinski definition) is 3. The summed E-state index contributed by atoms with van der Waals surface area (Å²) in [5.74, 6) is 3.40. The molecule has 4 saturated carbocycles. The monoisotopic (exact) mass is 365 g/mol. The molecule has 0 unspecified atom stereocenters. The molecule has 24 heavy (non-hydrogen) atoms. The molecule has 0 amide bonds. The van der Waals surface area contributed by atoms with Gasteiger partial charge in [0.15, 0.2) is 5.11 Å². The molecule has 1 aromatic carbocycles. The standard InChI is InChI=1S/C17H23N3O2S2/c18-24(21,22)15-3-1-14(2-4-15)19-17(23)20-16-12-6-10-5-11(8-12)9-13(16)7-10/h1-4,10-13,16H,5-9H2,(H2,18,21,22)(H2,19,20,23). The summed E-state index contributed by atoms with van der Waals surface area (Å²) in [6.45, 7) is 0. The summed E-state index contributed by atoms with van der Waals surface area (Å²) in [6, 6.07) is 6.84. The number of rotatable bonds is 3. The molecule has 0 radical (unpaired) electrons. The smallest absolute Gasteiger partial charge is 0.238 e. The van der Waals surface area contributed by atoms with E-state index in [9.17, 15) is 8.42 Å². The molecule has 4 fully saturated rings. The Balaban J connectivity index is 1.39. The van der Waals surface area contributed by atoms with Crippen molar-refractivity contribution in [1.29, 1.82) is 0 Å². The molecule has 7 heteroatoms. The van der Waals surface area contributed by atoms with Gasteiger partial charge in [-0.3, -0.25) is 0 Å². The van der Waals surface area contributed by atoms with Gasteiger partial charge in [0.05, 0.1) is 4.90 Å². The van der Waals surface area contributed by atoms with Crippen LogP contribution in [0.4, 0.5) is 5.69 Å². The number of benzene rings is 1. The maximum atomic E-state index is 11.3. The predicted molar refractivity (Wildman–Crippen MR) is 98.0 cm³/mol. The highest BCUT2D eigenvalue weighted by atomic mass is 32.2. The average molecular weight is 366 g/mol. The van der Waals surface area contributed by atoms with Crippen molar-refractivity contribution >= 4 is 33.0 Å². The fourth-order valence-electron chi connectivity index (χ4n) is 5.21. The van der Waals surface area contributed by atoms with E-state index in [1.54, 1.807) is 12.1 Å². The molecule has 130 valence electrons. The van der Waals surface area contributed by atoms with Crippen molar-refractivity contribution in [1.82, 2.24) is 5.32 Å². The molecule has 1 aromatic rings. The zero-order valence-electron chi connectivity index (χ0n) is 13.4. The Morgan fingerprint density at radius 2 is 1.54 bits per heavy atom. The molecule has 4 aliphatic carbocycles. The molecule has 0 aromatic heterocycles. The van der Waals surface area contributed by atoms with Gasteiger partial charge in [-0.05, 0) is 92.3 Å². The topological polar surface area (TPSA) is 84.2 Å². The van der Waals surface area contributed by atoms with Crippen LogP contribution in [0.25, 0.3) is 0 Å². The van der Waals surface area contributed by atoms with Gasteiger partial charge in [-0.1, -0.05) is 0 Å². The largest absolute Gasteiger partial charge is 0.359 e. The number of anilines is 1. The fraction of sp³-hybridized carbons (Fsp3) is 0.588. The van der Waals surface area contributed by atoms with Gasteiger partial charge in [-0.15, -0.1) is 0 Å². The van der Waals surface area contributed by atoms with E-state index in [1.807, 2.05) is 0 Å².